The lowest BCUT2D eigenvalue weighted by atomic mass is 10.1. The van der Waals surface area contributed by atoms with Crippen molar-refractivity contribution in [3.63, 3.8) is 0 Å². The Morgan fingerprint density at radius 2 is 2.23 bits per heavy atom. The van der Waals surface area contributed by atoms with Crippen LogP contribution in [-0.2, 0) is 0 Å². The maximum Gasteiger partial charge on any atom is 0.171 e. The van der Waals surface area contributed by atoms with E-state index in [-0.39, 0.29) is 11.7 Å². The maximum atomic E-state index is 10.2. The fraction of sp³-hybridized carbons (Fsp3) is 0.217. The van der Waals surface area contributed by atoms with Gasteiger partial charge in [0.05, 0.1) is 10.7 Å². The quantitative estimate of drug-likeness (QED) is 0.250. The molecule has 1 atom stereocenters. The summed E-state index contributed by atoms with van der Waals surface area (Å²) in [5.74, 6) is 1.70. The Bertz CT molecular complexity index is 947. The van der Waals surface area contributed by atoms with Gasteiger partial charge >= 0.3 is 0 Å². The zero-order valence-corrected chi connectivity index (χ0v) is 18.9. The summed E-state index contributed by atoms with van der Waals surface area (Å²) in [4.78, 5) is 4.08. The molecule has 158 valence electrons. The topological polar surface area (TPSA) is 74.5 Å². The normalized spacial score (nSPS) is 17.4. The summed E-state index contributed by atoms with van der Waals surface area (Å²) in [6.45, 7) is 9.96. The van der Waals surface area contributed by atoms with Crippen LogP contribution in [0.2, 0.25) is 0 Å². The molecule has 0 amide bonds. The molecular formula is C23H28BrN5O. The molecule has 0 saturated heterocycles. The maximum absolute atomic E-state index is 10.2. The molecule has 7 heteroatoms. The summed E-state index contributed by atoms with van der Waals surface area (Å²) in [5.41, 5.74) is 1.77. The van der Waals surface area contributed by atoms with E-state index in [2.05, 4.69) is 62.1 Å². The van der Waals surface area contributed by atoms with E-state index in [0.29, 0.717) is 24.4 Å². The molecule has 0 aliphatic heterocycles. The fourth-order valence-electron chi connectivity index (χ4n) is 2.86. The van der Waals surface area contributed by atoms with Crippen molar-refractivity contribution in [2.75, 3.05) is 13.6 Å². The minimum atomic E-state index is 0.177. The van der Waals surface area contributed by atoms with Crippen LogP contribution < -0.4 is 10.6 Å². The number of allylic oxidation sites excluding steroid dienone is 8. The molecule has 6 nitrogen and oxygen atoms in total. The fourth-order valence-corrected chi connectivity index (χ4v) is 3.25. The minimum absolute atomic E-state index is 0.177. The van der Waals surface area contributed by atoms with Crippen LogP contribution in [0.1, 0.15) is 13.3 Å². The van der Waals surface area contributed by atoms with Crippen molar-refractivity contribution in [1.82, 2.24) is 20.4 Å². The first-order chi connectivity index (χ1) is 14.5. The number of likely N-dealkylation sites (N-methyl/N-ethyl adjacent to an activating group) is 1. The number of hydrogen-bond acceptors (Lipinski definition) is 5. The Labute approximate surface area is 186 Å². The van der Waals surface area contributed by atoms with Gasteiger partial charge in [0.25, 0.3) is 0 Å². The summed E-state index contributed by atoms with van der Waals surface area (Å²) >= 11 is 3.45. The summed E-state index contributed by atoms with van der Waals surface area (Å²) in [7, 11) is 1.90. The van der Waals surface area contributed by atoms with Gasteiger partial charge in [-0.05, 0) is 59.8 Å². The molecule has 1 aliphatic carbocycles. The van der Waals surface area contributed by atoms with Crippen LogP contribution in [0.5, 0.6) is 0 Å². The lowest BCUT2D eigenvalue weighted by molar-refractivity contribution is 0.426. The molecule has 1 unspecified atom stereocenters. The molecule has 2 rings (SSSR count). The number of halogens is 1. The molecule has 1 aromatic rings. The predicted octanol–water partition coefficient (Wildman–Crippen LogP) is 5.18. The molecule has 0 saturated carbocycles. The Kier molecular flexibility index (Phi) is 9.15. The lowest BCUT2D eigenvalue weighted by Crippen LogP contribution is -2.24. The van der Waals surface area contributed by atoms with E-state index in [1.807, 2.05) is 38.3 Å². The van der Waals surface area contributed by atoms with Crippen molar-refractivity contribution >= 4 is 34.3 Å². The second-order valence-corrected chi connectivity index (χ2v) is 7.31. The van der Waals surface area contributed by atoms with Gasteiger partial charge in [-0.2, -0.15) is 9.78 Å². The van der Waals surface area contributed by atoms with Gasteiger partial charge in [0.1, 0.15) is 11.6 Å². The second-order valence-electron chi connectivity index (χ2n) is 6.45. The van der Waals surface area contributed by atoms with Crippen molar-refractivity contribution in [2.24, 2.45) is 10.9 Å². The Morgan fingerprint density at radius 3 is 2.90 bits per heavy atom. The van der Waals surface area contributed by atoms with Crippen LogP contribution in [-0.4, -0.2) is 35.2 Å². The number of aliphatic hydroxyl groups excluding tert-OH is 1. The van der Waals surface area contributed by atoms with Gasteiger partial charge in [-0.1, -0.05) is 43.0 Å². The first kappa shape index (κ1) is 23.2. The first-order valence-corrected chi connectivity index (χ1v) is 10.4. The number of nitrogens with one attached hydrogen (secondary N) is 2. The van der Waals surface area contributed by atoms with Gasteiger partial charge in [0.15, 0.2) is 5.82 Å². The standard InChI is InChI=1S/C23H28BrN5O/c1-5-9-21(30)18(6-2)12-13-22(29-23(26-4)20(24)16-28-29)27-15-17-10-7-8-11-19(14-17)25-3/h5-11,13-14,16-17,25,27,30H,2,4,12,15H2,1,3H3/b9-5-,21-18-,22-13-. The highest BCUT2D eigenvalue weighted by Gasteiger charge is 2.13. The van der Waals surface area contributed by atoms with Crippen LogP contribution in [0.25, 0.3) is 5.82 Å². The molecule has 3 N–H and O–H groups in total. The third-order valence-electron chi connectivity index (χ3n) is 4.44. The smallest absolute Gasteiger partial charge is 0.171 e. The van der Waals surface area contributed by atoms with Gasteiger partial charge in [-0.3, -0.25) is 0 Å². The van der Waals surface area contributed by atoms with Gasteiger partial charge in [-0.25, -0.2) is 4.99 Å². The van der Waals surface area contributed by atoms with E-state index in [0.717, 1.165) is 16.0 Å². The Hall–Kier alpha value is -3.06. The van der Waals surface area contributed by atoms with E-state index in [9.17, 15) is 5.11 Å². The van der Waals surface area contributed by atoms with Crippen LogP contribution in [0, 0.1) is 5.92 Å². The molecule has 0 aromatic carbocycles. The summed E-state index contributed by atoms with van der Waals surface area (Å²) in [6.07, 6.45) is 19.5. The summed E-state index contributed by atoms with van der Waals surface area (Å²) < 4.78 is 2.43. The lowest BCUT2D eigenvalue weighted by Gasteiger charge is -2.16. The van der Waals surface area contributed by atoms with Crippen molar-refractivity contribution < 1.29 is 5.11 Å². The highest BCUT2D eigenvalue weighted by molar-refractivity contribution is 9.10. The molecule has 1 aliphatic rings. The SMILES string of the molecule is C=C/C(C/C=C(/NCC1C=CC=CC(NC)=C1)n1ncc(Br)c1N=C)=C(O)\C=C/C. The number of aromatic nitrogens is 2. The van der Waals surface area contributed by atoms with Gasteiger partial charge < -0.3 is 15.7 Å². The first-order valence-electron chi connectivity index (χ1n) is 9.60. The second kappa shape index (κ2) is 11.8. The largest absolute Gasteiger partial charge is 0.508 e. The Morgan fingerprint density at radius 1 is 1.43 bits per heavy atom. The molecule has 30 heavy (non-hydrogen) atoms. The van der Waals surface area contributed by atoms with Crippen molar-refractivity contribution in [3.05, 3.63) is 89.0 Å². The van der Waals surface area contributed by atoms with Crippen molar-refractivity contribution in [2.45, 2.75) is 13.3 Å². The zero-order valence-electron chi connectivity index (χ0n) is 17.3. The van der Waals surface area contributed by atoms with E-state index < -0.39 is 0 Å². The molecule has 1 aromatic heterocycles. The number of aliphatic imine (C=N–C) groups is 1. The average molecular weight is 470 g/mol. The van der Waals surface area contributed by atoms with Gasteiger partial charge in [-0.15, -0.1) is 0 Å². The third-order valence-corrected chi connectivity index (χ3v) is 5.00. The van der Waals surface area contributed by atoms with Crippen LogP contribution in [0.15, 0.2) is 94.0 Å². The van der Waals surface area contributed by atoms with Crippen molar-refractivity contribution in [3.8, 4) is 0 Å². The summed E-state index contributed by atoms with van der Waals surface area (Å²) in [5, 5.41) is 21.3. The van der Waals surface area contributed by atoms with E-state index >= 15 is 0 Å². The summed E-state index contributed by atoms with van der Waals surface area (Å²) in [6, 6.07) is 0. The van der Waals surface area contributed by atoms with Crippen molar-refractivity contribution in [1.29, 1.82) is 0 Å². The molecule has 0 fully saturated rings. The predicted molar refractivity (Wildman–Crippen MR) is 130 cm³/mol. The molecule has 0 radical (unpaired) electrons. The van der Waals surface area contributed by atoms with E-state index in [1.165, 1.54) is 0 Å². The molecule has 1 heterocycles. The van der Waals surface area contributed by atoms with Crippen LogP contribution in [0.4, 0.5) is 5.82 Å². The molecular weight excluding hydrogens is 442 g/mol. The van der Waals surface area contributed by atoms with Gasteiger partial charge in [0, 0.05) is 25.2 Å². The number of rotatable bonds is 10. The highest BCUT2D eigenvalue weighted by atomic mass is 79.9. The monoisotopic (exact) mass is 469 g/mol. The highest BCUT2D eigenvalue weighted by Crippen LogP contribution is 2.27. The molecule has 0 spiro atoms. The van der Waals surface area contributed by atoms with Crippen LogP contribution >= 0.6 is 15.9 Å². The number of hydrogen-bond donors (Lipinski definition) is 3. The van der Waals surface area contributed by atoms with Crippen LogP contribution in [0.3, 0.4) is 0 Å². The zero-order chi connectivity index (χ0) is 21.9. The number of nitrogens with zero attached hydrogens (tertiary/aromatic N) is 3. The van der Waals surface area contributed by atoms with E-state index in [4.69, 9.17) is 0 Å². The Balaban J connectivity index is 2.33. The molecule has 0 bridgehead atoms. The van der Waals surface area contributed by atoms with Gasteiger partial charge in [0.2, 0.25) is 0 Å². The average Bonchev–Trinajstić information content (AvgIpc) is 2.96. The third kappa shape index (κ3) is 6.22. The minimum Gasteiger partial charge on any atom is -0.508 e. The number of aliphatic hydroxyl groups is 1. The van der Waals surface area contributed by atoms with E-state index in [1.54, 1.807) is 29.1 Å².